The molecule has 0 aliphatic carbocycles. The van der Waals surface area contributed by atoms with Crippen LogP contribution in [0.4, 0.5) is 9.18 Å². The van der Waals surface area contributed by atoms with Gasteiger partial charge in [-0.25, -0.2) is 14.2 Å². The Morgan fingerprint density at radius 2 is 2.12 bits per heavy atom. The highest BCUT2D eigenvalue weighted by molar-refractivity contribution is 7.99. The minimum Gasteiger partial charge on any atom is -0.439 e. The summed E-state index contributed by atoms with van der Waals surface area (Å²) >= 11 is 1.65. The maximum atomic E-state index is 13.0. The number of thioether (sulfide) groups is 1. The van der Waals surface area contributed by atoms with Crippen LogP contribution in [-0.2, 0) is 11.3 Å². The summed E-state index contributed by atoms with van der Waals surface area (Å²) in [7, 11) is 0. The molecule has 2 saturated heterocycles. The Balaban J connectivity index is 1.53. The van der Waals surface area contributed by atoms with E-state index in [0.29, 0.717) is 23.5 Å². The Bertz CT molecular complexity index is 799. The number of oxazole rings is 1. The van der Waals surface area contributed by atoms with Crippen LogP contribution in [0.5, 0.6) is 0 Å². The van der Waals surface area contributed by atoms with E-state index in [0.717, 1.165) is 10.7 Å². The number of urea groups is 1. The first-order valence-electron chi connectivity index (χ1n) is 7.50. The molecule has 2 aliphatic rings. The largest absolute Gasteiger partial charge is 0.439 e. The van der Waals surface area contributed by atoms with Gasteiger partial charge < -0.3 is 9.73 Å². The molecule has 124 valence electrons. The van der Waals surface area contributed by atoms with Crippen LogP contribution in [0, 0.1) is 5.82 Å². The molecule has 1 aromatic carbocycles. The lowest BCUT2D eigenvalue weighted by atomic mass is 9.99. The van der Waals surface area contributed by atoms with Crippen LogP contribution < -0.4 is 5.32 Å². The minimum absolute atomic E-state index is 0.0156. The van der Waals surface area contributed by atoms with Crippen molar-refractivity contribution in [1.82, 2.24) is 15.2 Å². The Morgan fingerprint density at radius 1 is 1.33 bits per heavy atom. The molecular weight excluding hydrogens is 333 g/mol. The smallest absolute Gasteiger partial charge is 0.325 e. The third-order valence-electron chi connectivity index (χ3n) is 4.24. The topological polar surface area (TPSA) is 75.4 Å². The molecule has 2 aliphatic heterocycles. The fraction of sp³-hybridized carbons (Fsp3) is 0.312. The Morgan fingerprint density at radius 3 is 2.83 bits per heavy atom. The van der Waals surface area contributed by atoms with E-state index in [1.165, 1.54) is 18.3 Å². The van der Waals surface area contributed by atoms with E-state index < -0.39 is 11.6 Å². The number of carbonyl (C=O) groups is 2. The van der Waals surface area contributed by atoms with Crippen molar-refractivity contribution >= 4 is 23.7 Å². The van der Waals surface area contributed by atoms with Crippen LogP contribution in [0.15, 0.2) is 34.9 Å². The SMILES string of the molecule is O=C1N[C@]2(CCSC2)C(=O)N1Cc1ncc(-c2ccc(F)cc2)o1. The summed E-state index contributed by atoms with van der Waals surface area (Å²) in [4.78, 5) is 30.0. The normalized spacial score (nSPS) is 23.3. The zero-order chi connectivity index (χ0) is 16.7. The van der Waals surface area contributed by atoms with Gasteiger partial charge in [-0.2, -0.15) is 11.8 Å². The van der Waals surface area contributed by atoms with E-state index in [-0.39, 0.29) is 24.2 Å². The molecule has 1 spiro atoms. The number of rotatable bonds is 3. The molecule has 0 radical (unpaired) electrons. The molecular formula is C16H14FN3O3S. The van der Waals surface area contributed by atoms with Crippen LogP contribution in [0.25, 0.3) is 11.3 Å². The van der Waals surface area contributed by atoms with Crippen LogP contribution >= 0.6 is 11.8 Å². The minimum atomic E-state index is -0.770. The molecule has 0 unspecified atom stereocenters. The van der Waals surface area contributed by atoms with E-state index in [2.05, 4.69) is 10.3 Å². The van der Waals surface area contributed by atoms with Crippen LogP contribution in [0.1, 0.15) is 12.3 Å². The number of nitrogens with one attached hydrogen (secondary N) is 1. The summed E-state index contributed by atoms with van der Waals surface area (Å²) in [6, 6.07) is 5.41. The van der Waals surface area contributed by atoms with E-state index in [1.807, 2.05) is 0 Å². The predicted octanol–water partition coefficient (Wildman–Crippen LogP) is 2.41. The molecule has 24 heavy (non-hydrogen) atoms. The monoisotopic (exact) mass is 347 g/mol. The summed E-state index contributed by atoms with van der Waals surface area (Å²) in [6.45, 7) is -0.0156. The van der Waals surface area contributed by atoms with Gasteiger partial charge in [0, 0.05) is 11.3 Å². The first-order valence-corrected chi connectivity index (χ1v) is 8.65. The first kappa shape index (κ1) is 15.2. The molecule has 2 aromatic rings. The van der Waals surface area contributed by atoms with Crippen molar-refractivity contribution in [3.8, 4) is 11.3 Å². The highest BCUT2D eigenvalue weighted by Gasteiger charge is 2.53. The zero-order valence-corrected chi connectivity index (χ0v) is 13.4. The van der Waals surface area contributed by atoms with Gasteiger partial charge in [-0.3, -0.25) is 9.69 Å². The van der Waals surface area contributed by atoms with Crippen molar-refractivity contribution < 1.29 is 18.4 Å². The Kier molecular flexibility index (Phi) is 3.56. The number of halogens is 1. The quantitative estimate of drug-likeness (QED) is 0.863. The summed E-state index contributed by atoms with van der Waals surface area (Å²) in [5.41, 5.74) is -0.0928. The molecule has 1 atom stereocenters. The second kappa shape index (κ2) is 5.62. The lowest BCUT2D eigenvalue weighted by Crippen LogP contribution is -2.46. The maximum absolute atomic E-state index is 13.0. The molecule has 2 fully saturated rings. The van der Waals surface area contributed by atoms with Gasteiger partial charge in [-0.1, -0.05) is 0 Å². The molecule has 0 bridgehead atoms. The number of amides is 3. The van der Waals surface area contributed by atoms with Gasteiger partial charge in [-0.15, -0.1) is 0 Å². The number of carbonyl (C=O) groups excluding carboxylic acids is 2. The number of hydrogen-bond acceptors (Lipinski definition) is 5. The molecule has 6 nitrogen and oxygen atoms in total. The molecule has 1 aromatic heterocycles. The Hall–Kier alpha value is -2.35. The maximum Gasteiger partial charge on any atom is 0.325 e. The molecule has 8 heteroatoms. The fourth-order valence-corrected chi connectivity index (χ4v) is 4.24. The zero-order valence-electron chi connectivity index (χ0n) is 12.6. The van der Waals surface area contributed by atoms with Gasteiger partial charge >= 0.3 is 6.03 Å². The van der Waals surface area contributed by atoms with Crippen molar-refractivity contribution in [3.63, 3.8) is 0 Å². The van der Waals surface area contributed by atoms with E-state index >= 15 is 0 Å². The lowest BCUT2D eigenvalue weighted by Gasteiger charge is -2.18. The van der Waals surface area contributed by atoms with E-state index in [4.69, 9.17) is 4.42 Å². The number of aromatic nitrogens is 1. The van der Waals surface area contributed by atoms with Crippen molar-refractivity contribution in [2.75, 3.05) is 11.5 Å². The third-order valence-corrected chi connectivity index (χ3v) is 5.43. The van der Waals surface area contributed by atoms with Crippen molar-refractivity contribution in [2.45, 2.75) is 18.5 Å². The number of nitrogens with zero attached hydrogens (tertiary/aromatic N) is 2. The molecule has 3 heterocycles. The summed E-state index contributed by atoms with van der Waals surface area (Å²) in [5, 5.41) is 2.80. The predicted molar refractivity (Wildman–Crippen MR) is 85.7 cm³/mol. The molecule has 4 rings (SSSR count). The van der Waals surface area contributed by atoms with E-state index in [1.54, 1.807) is 23.9 Å². The van der Waals surface area contributed by atoms with E-state index in [9.17, 15) is 14.0 Å². The average molecular weight is 347 g/mol. The standard InChI is InChI=1S/C16H14FN3O3S/c17-11-3-1-10(2-4-11)12-7-18-13(23-12)8-20-14(21)16(19-15(20)22)5-6-24-9-16/h1-4,7H,5-6,8-9H2,(H,19,22)/t16-/m0/s1. The van der Waals surface area contributed by atoms with Gasteiger partial charge in [-0.05, 0) is 36.4 Å². The molecule has 1 N–H and O–H groups in total. The van der Waals surface area contributed by atoms with Gasteiger partial charge in [0.1, 0.15) is 17.9 Å². The highest BCUT2D eigenvalue weighted by atomic mass is 32.2. The number of benzene rings is 1. The summed E-state index contributed by atoms with van der Waals surface area (Å²) in [5.74, 6) is 1.62. The third kappa shape index (κ3) is 2.47. The number of imide groups is 1. The summed E-state index contributed by atoms with van der Waals surface area (Å²) in [6.07, 6.45) is 2.15. The van der Waals surface area contributed by atoms with Crippen molar-refractivity contribution in [3.05, 3.63) is 42.2 Å². The highest BCUT2D eigenvalue weighted by Crippen LogP contribution is 2.34. The Labute approximate surface area is 141 Å². The van der Waals surface area contributed by atoms with Crippen LogP contribution in [0.3, 0.4) is 0 Å². The second-order valence-electron chi connectivity index (χ2n) is 5.83. The van der Waals surface area contributed by atoms with Gasteiger partial charge in [0.15, 0.2) is 5.76 Å². The van der Waals surface area contributed by atoms with Gasteiger partial charge in [0.25, 0.3) is 5.91 Å². The van der Waals surface area contributed by atoms with Crippen LogP contribution in [0.2, 0.25) is 0 Å². The number of hydrogen-bond donors (Lipinski definition) is 1. The van der Waals surface area contributed by atoms with Gasteiger partial charge in [0.2, 0.25) is 5.89 Å². The first-order chi connectivity index (χ1) is 11.6. The van der Waals surface area contributed by atoms with Crippen molar-refractivity contribution in [1.29, 1.82) is 0 Å². The van der Waals surface area contributed by atoms with Gasteiger partial charge in [0.05, 0.1) is 6.20 Å². The summed E-state index contributed by atoms with van der Waals surface area (Å²) < 4.78 is 18.6. The lowest BCUT2D eigenvalue weighted by molar-refractivity contribution is -0.131. The fourth-order valence-electron chi connectivity index (χ4n) is 2.92. The average Bonchev–Trinajstić information content (AvgIpc) is 3.27. The van der Waals surface area contributed by atoms with Crippen LogP contribution in [-0.4, -0.2) is 38.9 Å². The second-order valence-corrected chi connectivity index (χ2v) is 6.94. The molecule has 0 saturated carbocycles. The molecule has 3 amide bonds. The van der Waals surface area contributed by atoms with Crippen molar-refractivity contribution in [2.24, 2.45) is 0 Å².